The predicted molar refractivity (Wildman–Crippen MR) is 80.2 cm³/mol. The number of amides is 1. The van der Waals surface area contributed by atoms with Crippen LogP contribution in [0.25, 0.3) is 0 Å². The summed E-state index contributed by atoms with van der Waals surface area (Å²) in [5.74, 6) is -0.138. The minimum atomic E-state index is -0.217. The molecule has 1 aromatic rings. The molecule has 3 atom stereocenters. The molecular weight excluding hydrogens is 279 g/mol. The largest absolute Gasteiger partial charge is 0.349 e. The fourth-order valence-corrected chi connectivity index (χ4v) is 2.60. The van der Waals surface area contributed by atoms with E-state index in [1.54, 1.807) is 13.0 Å². The van der Waals surface area contributed by atoms with Crippen LogP contribution in [0.15, 0.2) is 18.2 Å². The van der Waals surface area contributed by atoms with Gasteiger partial charge in [0.25, 0.3) is 0 Å². The molecule has 0 spiro atoms. The van der Waals surface area contributed by atoms with Gasteiger partial charge in [0.1, 0.15) is 5.82 Å². The fourth-order valence-electron chi connectivity index (χ4n) is 2.60. The molecular formula is C15H22ClFN2O. The van der Waals surface area contributed by atoms with Crippen LogP contribution in [0.5, 0.6) is 0 Å². The summed E-state index contributed by atoms with van der Waals surface area (Å²) in [6, 6.07) is 4.99. The lowest BCUT2D eigenvalue weighted by Crippen LogP contribution is -2.40. The van der Waals surface area contributed by atoms with Crippen LogP contribution in [0.4, 0.5) is 4.39 Å². The fraction of sp³-hybridized carbons (Fsp3) is 0.533. The third kappa shape index (κ3) is 3.30. The highest BCUT2D eigenvalue weighted by Gasteiger charge is 2.30. The lowest BCUT2D eigenvalue weighted by Gasteiger charge is -2.33. The van der Waals surface area contributed by atoms with Crippen molar-refractivity contribution in [1.82, 2.24) is 5.32 Å². The van der Waals surface area contributed by atoms with Crippen molar-refractivity contribution in [3.8, 4) is 0 Å². The molecule has 2 rings (SSSR count). The van der Waals surface area contributed by atoms with Crippen LogP contribution in [0.2, 0.25) is 0 Å². The highest BCUT2D eigenvalue weighted by molar-refractivity contribution is 5.85. The summed E-state index contributed by atoms with van der Waals surface area (Å²) in [5, 5.41) is 3.02. The maximum atomic E-state index is 13.8. The Kier molecular flexibility index (Phi) is 5.96. The number of carbonyl (C=O) groups excluding carboxylic acids is 1. The Hall–Kier alpha value is -1.13. The summed E-state index contributed by atoms with van der Waals surface area (Å²) in [7, 11) is 0. The van der Waals surface area contributed by atoms with Crippen LogP contribution < -0.4 is 11.1 Å². The van der Waals surface area contributed by atoms with Crippen molar-refractivity contribution in [3.63, 3.8) is 0 Å². The lowest BCUT2D eigenvalue weighted by molar-refractivity contribution is -0.125. The number of benzene rings is 1. The third-order valence-electron chi connectivity index (χ3n) is 4.01. The molecule has 0 bridgehead atoms. The minimum absolute atomic E-state index is 0. The molecule has 3 nitrogen and oxygen atoms in total. The van der Waals surface area contributed by atoms with Gasteiger partial charge in [-0.05, 0) is 36.0 Å². The standard InChI is InChI=1S/C15H21FN2O.ClH/c1-9-6-7-11-12(4-3-5-13(11)16)14(9)18-15(19)10(2)8-17;/h3-5,9-10,14H,6-8,17H2,1-2H3,(H,18,19);1H. The van der Waals surface area contributed by atoms with E-state index in [2.05, 4.69) is 12.2 Å². The van der Waals surface area contributed by atoms with E-state index >= 15 is 0 Å². The van der Waals surface area contributed by atoms with Crippen molar-refractivity contribution < 1.29 is 9.18 Å². The van der Waals surface area contributed by atoms with Gasteiger partial charge in [-0.3, -0.25) is 4.79 Å². The van der Waals surface area contributed by atoms with E-state index in [0.29, 0.717) is 12.5 Å². The summed E-state index contributed by atoms with van der Waals surface area (Å²) in [6.07, 6.45) is 1.62. The van der Waals surface area contributed by atoms with Crippen LogP contribution in [-0.4, -0.2) is 12.5 Å². The van der Waals surface area contributed by atoms with Gasteiger partial charge in [0.15, 0.2) is 0 Å². The number of fused-ring (bicyclic) bond motifs is 1. The summed E-state index contributed by atoms with van der Waals surface area (Å²) in [6.45, 7) is 4.21. The first-order valence-corrected chi connectivity index (χ1v) is 6.82. The molecule has 112 valence electrons. The third-order valence-corrected chi connectivity index (χ3v) is 4.01. The summed E-state index contributed by atoms with van der Waals surface area (Å²) in [4.78, 5) is 12.0. The van der Waals surface area contributed by atoms with Crippen LogP contribution in [-0.2, 0) is 11.2 Å². The Labute approximate surface area is 125 Å². The Morgan fingerprint density at radius 1 is 1.55 bits per heavy atom. The Morgan fingerprint density at radius 3 is 2.90 bits per heavy atom. The Bertz CT molecular complexity index is 481. The maximum absolute atomic E-state index is 13.8. The summed E-state index contributed by atoms with van der Waals surface area (Å²) in [5.41, 5.74) is 7.17. The van der Waals surface area contributed by atoms with Crippen LogP contribution in [0.1, 0.15) is 37.4 Å². The topological polar surface area (TPSA) is 55.1 Å². The lowest BCUT2D eigenvalue weighted by atomic mass is 9.80. The smallest absolute Gasteiger partial charge is 0.224 e. The average molecular weight is 301 g/mol. The van der Waals surface area contributed by atoms with Gasteiger partial charge in [-0.2, -0.15) is 0 Å². The zero-order valence-corrected chi connectivity index (χ0v) is 12.7. The molecule has 1 amide bonds. The second-order valence-electron chi connectivity index (χ2n) is 5.45. The second kappa shape index (κ2) is 7.04. The van der Waals surface area contributed by atoms with E-state index in [1.807, 2.05) is 6.07 Å². The number of rotatable bonds is 3. The first-order valence-electron chi connectivity index (χ1n) is 6.82. The number of hydrogen-bond donors (Lipinski definition) is 2. The molecule has 0 radical (unpaired) electrons. The molecule has 0 fully saturated rings. The average Bonchev–Trinajstić information content (AvgIpc) is 2.41. The molecule has 1 aromatic carbocycles. The van der Waals surface area contributed by atoms with Crippen LogP contribution in [0, 0.1) is 17.7 Å². The molecule has 1 aliphatic carbocycles. The van der Waals surface area contributed by atoms with Gasteiger partial charge >= 0.3 is 0 Å². The van der Waals surface area contributed by atoms with Crippen molar-refractivity contribution in [2.24, 2.45) is 17.6 Å². The molecule has 1 aliphatic rings. The Morgan fingerprint density at radius 2 is 2.25 bits per heavy atom. The zero-order valence-electron chi connectivity index (χ0n) is 11.9. The number of nitrogens with one attached hydrogen (secondary N) is 1. The quantitative estimate of drug-likeness (QED) is 0.901. The van der Waals surface area contributed by atoms with E-state index < -0.39 is 0 Å². The molecule has 0 saturated heterocycles. The van der Waals surface area contributed by atoms with Crippen molar-refractivity contribution in [2.45, 2.75) is 32.7 Å². The Balaban J connectivity index is 0.00000200. The number of halogens is 2. The minimum Gasteiger partial charge on any atom is -0.349 e. The molecule has 5 heteroatoms. The van der Waals surface area contributed by atoms with Crippen LogP contribution in [0.3, 0.4) is 0 Å². The first-order chi connectivity index (χ1) is 9.04. The number of hydrogen-bond acceptors (Lipinski definition) is 2. The maximum Gasteiger partial charge on any atom is 0.224 e. The highest BCUT2D eigenvalue weighted by atomic mass is 35.5. The second-order valence-corrected chi connectivity index (χ2v) is 5.45. The van der Waals surface area contributed by atoms with Gasteiger partial charge in [0.05, 0.1) is 6.04 Å². The summed E-state index contributed by atoms with van der Waals surface area (Å²) >= 11 is 0. The van der Waals surface area contributed by atoms with Gasteiger partial charge in [-0.25, -0.2) is 4.39 Å². The van der Waals surface area contributed by atoms with Crippen molar-refractivity contribution in [1.29, 1.82) is 0 Å². The van der Waals surface area contributed by atoms with Crippen molar-refractivity contribution >= 4 is 18.3 Å². The number of nitrogens with two attached hydrogens (primary N) is 1. The molecule has 3 unspecified atom stereocenters. The van der Waals surface area contributed by atoms with E-state index in [4.69, 9.17) is 5.73 Å². The van der Waals surface area contributed by atoms with Crippen molar-refractivity contribution in [2.75, 3.05) is 6.54 Å². The number of carbonyl (C=O) groups is 1. The molecule has 0 aliphatic heterocycles. The first kappa shape index (κ1) is 16.9. The van der Waals surface area contributed by atoms with Gasteiger partial charge in [0, 0.05) is 12.5 Å². The van der Waals surface area contributed by atoms with E-state index in [9.17, 15) is 9.18 Å². The molecule has 20 heavy (non-hydrogen) atoms. The molecule has 0 saturated carbocycles. The van der Waals surface area contributed by atoms with Gasteiger partial charge in [-0.1, -0.05) is 26.0 Å². The molecule has 0 aromatic heterocycles. The van der Waals surface area contributed by atoms with E-state index in [1.165, 1.54) is 6.07 Å². The predicted octanol–water partition coefficient (Wildman–Crippen LogP) is 2.58. The van der Waals surface area contributed by atoms with Gasteiger partial charge in [-0.15, -0.1) is 12.4 Å². The van der Waals surface area contributed by atoms with Gasteiger partial charge in [0.2, 0.25) is 5.91 Å². The van der Waals surface area contributed by atoms with Crippen LogP contribution >= 0.6 is 12.4 Å². The van der Waals surface area contributed by atoms with E-state index in [0.717, 1.165) is 24.0 Å². The summed E-state index contributed by atoms with van der Waals surface area (Å²) < 4.78 is 13.8. The monoisotopic (exact) mass is 300 g/mol. The molecule has 0 heterocycles. The van der Waals surface area contributed by atoms with Gasteiger partial charge < -0.3 is 11.1 Å². The zero-order chi connectivity index (χ0) is 14.0. The SMILES string of the molecule is CC(CN)C(=O)NC1c2cccc(F)c2CCC1C.Cl. The van der Waals surface area contributed by atoms with Crippen molar-refractivity contribution in [3.05, 3.63) is 35.1 Å². The van der Waals surface area contributed by atoms with E-state index in [-0.39, 0.29) is 36.1 Å². The highest BCUT2D eigenvalue weighted by Crippen LogP contribution is 2.35. The molecule has 3 N–H and O–H groups in total. The normalized spacial score (nSPS) is 22.4.